The van der Waals surface area contributed by atoms with Crippen molar-refractivity contribution in [3.05, 3.63) is 77.2 Å². The van der Waals surface area contributed by atoms with Crippen LogP contribution in [0.1, 0.15) is 29.8 Å². The monoisotopic (exact) mass is 340 g/mol. The van der Waals surface area contributed by atoms with Crippen molar-refractivity contribution in [3.8, 4) is 0 Å². The maximum absolute atomic E-state index is 13.1. The molecule has 0 saturated heterocycles. The summed E-state index contributed by atoms with van der Waals surface area (Å²) in [6.07, 6.45) is 1.56. The Morgan fingerprint density at radius 1 is 1.00 bits per heavy atom. The molecule has 0 saturated carbocycles. The molecule has 2 rings (SSSR count). The summed E-state index contributed by atoms with van der Waals surface area (Å²) in [5.74, 6) is -1.00. The summed E-state index contributed by atoms with van der Waals surface area (Å²) in [5.41, 5.74) is 1.24. The minimum absolute atomic E-state index is 0.157. The Morgan fingerprint density at radius 2 is 1.60 bits per heavy atom. The van der Waals surface area contributed by atoms with E-state index in [0.717, 1.165) is 0 Å². The van der Waals surface area contributed by atoms with Crippen LogP contribution in [0.3, 0.4) is 0 Å². The number of hydrogen-bond acceptors (Lipinski definition) is 2. The summed E-state index contributed by atoms with van der Waals surface area (Å²) in [6.45, 7) is 4.79. The largest absolute Gasteiger partial charge is 0.338 e. The van der Waals surface area contributed by atoms with Crippen molar-refractivity contribution in [3.63, 3.8) is 0 Å². The number of carbonyl (C=O) groups excluding carboxylic acids is 2. The Bertz CT molecular complexity index is 751. The van der Waals surface area contributed by atoms with Crippen LogP contribution in [-0.4, -0.2) is 29.8 Å². The lowest BCUT2D eigenvalue weighted by atomic mass is 10.1. The van der Waals surface area contributed by atoms with Gasteiger partial charge in [-0.05, 0) is 49.8 Å². The standard InChI is InChI=1S/C20H21FN2O2/c1-3-23(4-2)20(25)18(14-15-10-12-17(21)13-11-15)22-19(24)16-8-6-5-7-9-16/h5-14H,3-4H2,1-2H3,(H,22,24). The van der Waals surface area contributed by atoms with E-state index in [-0.39, 0.29) is 23.3 Å². The van der Waals surface area contributed by atoms with Crippen LogP contribution in [0.5, 0.6) is 0 Å². The molecule has 0 aromatic heterocycles. The maximum atomic E-state index is 13.1. The number of amides is 2. The third kappa shape index (κ3) is 5.01. The average molecular weight is 340 g/mol. The molecule has 0 radical (unpaired) electrons. The minimum Gasteiger partial charge on any atom is -0.338 e. The third-order valence-electron chi connectivity index (χ3n) is 3.75. The van der Waals surface area contributed by atoms with Crippen LogP contribution >= 0.6 is 0 Å². The normalized spacial score (nSPS) is 11.1. The number of likely N-dealkylation sites (N-methyl/N-ethyl adjacent to an activating group) is 1. The number of benzene rings is 2. The van der Waals surface area contributed by atoms with E-state index in [9.17, 15) is 14.0 Å². The van der Waals surface area contributed by atoms with Gasteiger partial charge in [-0.15, -0.1) is 0 Å². The molecule has 5 heteroatoms. The SMILES string of the molecule is CCN(CC)C(=O)C(=Cc1ccc(F)cc1)NC(=O)c1ccccc1. The van der Waals surface area contributed by atoms with Crippen molar-refractivity contribution in [2.75, 3.05) is 13.1 Å². The van der Waals surface area contributed by atoms with Gasteiger partial charge >= 0.3 is 0 Å². The van der Waals surface area contributed by atoms with Gasteiger partial charge in [0.15, 0.2) is 0 Å². The molecule has 0 heterocycles. The second kappa shape index (κ2) is 8.78. The van der Waals surface area contributed by atoms with Crippen molar-refractivity contribution in [1.29, 1.82) is 0 Å². The first-order valence-electron chi connectivity index (χ1n) is 8.18. The predicted molar refractivity (Wildman–Crippen MR) is 96.2 cm³/mol. The molecule has 4 nitrogen and oxygen atoms in total. The van der Waals surface area contributed by atoms with E-state index in [1.54, 1.807) is 47.4 Å². The van der Waals surface area contributed by atoms with E-state index >= 15 is 0 Å². The highest BCUT2D eigenvalue weighted by atomic mass is 19.1. The minimum atomic E-state index is -0.366. The average Bonchev–Trinajstić information content (AvgIpc) is 2.64. The van der Waals surface area contributed by atoms with Crippen LogP contribution in [0.4, 0.5) is 4.39 Å². The molecule has 25 heavy (non-hydrogen) atoms. The fourth-order valence-electron chi connectivity index (χ4n) is 2.34. The zero-order valence-corrected chi connectivity index (χ0v) is 14.3. The molecular weight excluding hydrogens is 319 g/mol. The van der Waals surface area contributed by atoms with Crippen molar-refractivity contribution in [1.82, 2.24) is 10.2 Å². The van der Waals surface area contributed by atoms with Gasteiger partial charge in [-0.2, -0.15) is 0 Å². The smallest absolute Gasteiger partial charge is 0.270 e. The van der Waals surface area contributed by atoms with E-state index in [2.05, 4.69) is 5.32 Å². The number of halogens is 1. The molecule has 0 spiro atoms. The van der Waals surface area contributed by atoms with Gasteiger partial charge in [-0.1, -0.05) is 30.3 Å². The van der Waals surface area contributed by atoms with Gasteiger partial charge in [-0.25, -0.2) is 4.39 Å². The Labute approximate surface area is 147 Å². The van der Waals surface area contributed by atoms with Crippen LogP contribution in [0.25, 0.3) is 6.08 Å². The Morgan fingerprint density at radius 3 is 2.16 bits per heavy atom. The van der Waals surface area contributed by atoms with Crippen LogP contribution in [0, 0.1) is 5.82 Å². The van der Waals surface area contributed by atoms with E-state index < -0.39 is 0 Å². The van der Waals surface area contributed by atoms with Gasteiger partial charge < -0.3 is 10.2 Å². The van der Waals surface area contributed by atoms with Gasteiger partial charge in [0, 0.05) is 18.7 Å². The Hall–Kier alpha value is -2.95. The van der Waals surface area contributed by atoms with E-state index in [1.165, 1.54) is 12.1 Å². The summed E-state index contributed by atoms with van der Waals surface area (Å²) in [7, 11) is 0. The number of carbonyl (C=O) groups is 2. The zero-order chi connectivity index (χ0) is 18.2. The second-order valence-corrected chi connectivity index (χ2v) is 5.41. The summed E-state index contributed by atoms with van der Waals surface area (Å²) < 4.78 is 13.1. The molecule has 0 aliphatic carbocycles. The van der Waals surface area contributed by atoms with E-state index in [4.69, 9.17) is 0 Å². The fraction of sp³-hybridized carbons (Fsp3) is 0.200. The predicted octanol–water partition coefficient (Wildman–Crippen LogP) is 3.47. The molecule has 0 atom stereocenters. The molecule has 0 aliphatic rings. The summed E-state index contributed by atoms with van der Waals surface area (Å²) in [6, 6.07) is 14.4. The van der Waals surface area contributed by atoms with Crippen LogP contribution in [-0.2, 0) is 4.79 Å². The molecule has 130 valence electrons. The highest BCUT2D eigenvalue weighted by Crippen LogP contribution is 2.11. The zero-order valence-electron chi connectivity index (χ0n) is 14.3. The van der Waals surface area contributed by atoms with Crippen molar-refractivity contribution in [2.45, 2.75) is 13.8 Å². The molecule has 0 fully saturated rings. The van der Waals surface area contributed by atoms with Crippen molar-refractivity contribution < 1.29 is 14.0 Å². The molecule has 2 aromatic rings. The van der Waals surface area contributed by atoms with Gasteiger partial charge in [-0.3, -0.25) is 9.59 Å². The Kier molecular flexibility index (Phi) is 6.46. The van der Waals surface area contributed by atoms with Gasteiger partial charge in [0.1, 0.15) is 11.5 Å². The van der Waals surface area contributed by atoms with Gasteiger partial charge in [0.05, 0.1) is 0 Å². The molecule has 0 unspecified atom stereocenters. The van der Waals surface area contributed by atoms with Crippen LogP contribution in [0.15, 0.2) is 60.3 Å². The molecule has 0 aliphatic heterocycles. The summed E-state index contributed by atoms with van der Waals surface area (Å²) >= 11 is 0. The number of rotatable bonds is 6. The highest BCUT2D eigenvalue weighted by Gasteiger charge is 2.18. The number of nitrogens with zero attached hydrogens (tertiary/aromatic N) is 1. The van der Waals surface area contributed by atoms with Gasteiger partial charge in [0.2, 0.25) is 0 Å². The lowest BCUT2D eigenvalue weighted by Gasteiger charge is -2.21. The molecular formula is C20H21FN2O2. The van der Waals surface area contributed by atoms with Crippen molar-refractivity contribution in [2.24, 2.45) is 0 Å². The topological polar surface area (TPSA) is 49.4 Å². The van der Waals surface area contributed by atoms with E-state index in [0.29, 0.717) is 24.2 Å². The van der Waals surface area contributed by atoms with Crippen LogP contribution in [0.2, 0.25) is 0 Å². The Balaban J connectivity index is 2.33. The first-order chi connectivity index (χ1) is 12.0. The number of hydrogen-bond donors (Lipinski definition) is 1. The molecule has 0 bridgehead atoms. The summed E-state index contributed by atoms with van der Waals surface area (Å²) in [5, 5.41) is 2.68. The quantitative estimate of drug-likeness (QED) is 0.819. The summed E-state index contributed by atoms with van der Waals surface area (Å²) in [4.78, 5) is 26.7. The van der Waals surface area contributed by atoms with E-state index in [1.807, 2.05) is 19.9 Å². The van der Waals surface area contributed by atoms with Gasteiger partial charge in [0.25, 0.3) is 11.8 Å². The van der Waals surface area contributed by atoms with Crippen LogP contribution < -0.4 is 5.32 Å². The molecule has 2 aromatic carbocycles. The molecule has 2 amide bonds. The highest BCUT2D eigenvalue weighted by molar-refractivity contribution is 6.05. The second-order valence-electron chi connectivity index (χ2n) is 5.41. The lowest BCUT2D eigenvalue weighted by molar-refractivity contribution is -0.127. The lowest BCUT2D eigenvalue weighted by Crippen LogP contribution is -2.38. The maximum Gasteiger partial charge on any atom is 0.270 e. The number of nitrogens with one attached hydrogen (secondary N) is 1. The molecule has 1 N–H and O–H groups in total. The van der Waals surface area contributed by atoms with Crippen molar-refractivity contribution >= 4 is 17.9 Å². The fourth-order valence-corrected chi connectivity index (χ4v) is 2.34. The first-order valence-corrected chi connectivity index (χ1v) is 8.18. The first kappa shape index (κ1) is 18.4. The third-order valence-corrected chi connectivity index (χ3v) is 3.75.